The summed E-state index contributed by atoms with van der Waals surface area (Å²) in [7, 11) is 0. The summed E-state index contributed by atoms with van der Waals surface area (Å²) in [6.07, 6.45) is 3.83. The highest BCUT2D eigenvalue weighted by atomic mass is 16.2. The van der Waals surface area contributed by atoms with Crippen molar-refractivity contribution in [3.63, 3.8) is 0 Å². The molecule has 1 heterocycles. The van der Waals surface area contributed by atoms with E-state index in [0.29, 0.717) is 19.4 Å². The molecular weight excluding hydrogens is 364 g/mol. The summed E-state index contributed by atoms with van der Waals surface area (Å²) >= 11 is 0. The molecule has 0 aliphatic carbocycles. The van der Waals surface area contributed by atoms with Crippen molar-refractivity contribution in [1.82, 2.24) is 19.8 Å². The Morgan fingerprint density at radius 2 is 1.76 bits per heavy atom. The lowest BCUT2D eigenvalue weighted by atomic mass is 10.1. The van der Waals surface area contributed by atoms with Gasteiger partial charge in [0.05, 0.1) is 11.0 Å². The van der Waals surface area contributed by atoms with Gasteiger partial charge in [0.2, 0.25) is 11.8 Å². The smallest absolute Gasteiger partial charge is 0.243 e. The maximum absolute atomic E-state index is 13.3. The van der Waals surface area contributed by atoms with Crippen LogP contribution in [-0.2, 0) is 22.6 Å². The lowest BCUT2D eigenvalue weighted by Gasteiger charge is -2.34. The monoisotopic (exact) mass is 400 g/mol. The van der Waals surface area contributed by atoms with Crippen LogP contribution < -0.4 is 5.32 Å². The van der Waals surface area contributed by atoms with E-state index < -0.39 is 0 Å². The third-order valence-electron chi connectivity index (χ3n) is 5.59. The molecule has 2 amide bonds. The normalized spacial score (nSPS) is 13.3. The molecule has 0 spiro atoms. The molecule has 2 unspecified atom stereocenters. The van der Waals surface area contributed by atoms with E-state index in [1.54, 1.807) is 0 Å². The van der Waals surface area contributed by atoms with Crippen molar-refractivity contribution in [3.8, 4) is 0 Å². The number of amides is 2. The molecule has 0 saturated carbocycles. The summed E-state index contributed by atoms with van der Waals surface area (Å²) in [5, 5.41) is 2.95. The molecule has 6 nitrogen and oxygen atoms in total. The predicted molar refractivity (Wildman–Crippen MR) is 118 cm³/mol. The number of nitrogens with one attached hydrogen (secondary N) is 1. The molecule has 0 radical (unpaired) electrons. The van der Waals surface area contributed by atoms with Crippen molar-refractivity contribution in [2.45, 2.75) is 85.4 Å². The van der Waals surface area contributed by atoms with Crippen LogP contribution in [-0.4, -0.2) is 44.9 Å². The van der Waals surface area contributed by atoms with Crippen molar-refractivity contribution in [2.75, 3.05) is 6.54 Å². The highest BCUT2D eigenvalue weighted by molar-refractivity contribution is 5.81. The quantitative estimate of drug-likeness (QED) is 0.622. The lowest BCUT2D eigenvalue weighted by molar-refractivity contribution is -0.136. The number of carbonyl (C=O) groups excluding carboxylic acids is 2. The molecule has 2 aromatic rings. The van der Waals surface area contributed by atoms with Gasteiger partial charge in [0, 0.05) is 31.5 Å². The molecule has 2 atom stereocenters. The molecule has 0 saturated heterocycles. The fraction of sp³-hybridized carbons (Fsp3) is 0.609. The first-order chi connectivity index (χ1) is 13.9. The molecule has 1 aromatic carbocycles. The second kappa shape index (κ2) is 11.0. The number of rotatable bonds is 11. The minimum absolute atomic E-state index is 0.0611. The van der Waals surface area contributed by atoms with Crippen LogP contribution in [0.1, 0.15) is 66.1 Å². The van der Waals surface area contributed by atoms with E-state index in [2.05, 4.69) is 33.0 Å². The summed E-state index contributed by atoms with van der Waals surface area (Å²) in [4.78, 5) is 31.8. The summed E-state index contributed by atoms with van der Waals surface area (Å²) in [5.41, 5.74) is 1.85. The molecule has 0 aliphatic heterocycles. The van der Waals surface area contributed by atoms with E-state index in [1.165, 1.54) is 0 Å². The van der Waals surface area contributed by atoms with Crippen LogP contribution in [0.3, 0.4) is 0 Å². The lowest BCUT2D eigenvalue weighted by Crippen LogP contribution is -2.46. The van der Waals surface area contributed by atoms with Crippen molar-refractivity contribution in [2.24, 2.45) is 0 Å². The van der Waals surface area contributed by atoms with Crippen LogP contribution in [0.5, 0.6) is 0 Å². The average molecular weight is 401 g/mol. The predicted octanol–water partition coefficient (Wildman–Crippen LogP) is 3.92. The number of aromatic nitrogens is 2. The third-order valence-corrected chi connectivity index (χ3v) is 5.59. The Bertz CT molecular complexity index is 804. The minimum atomic E-state index is 0.0611. The number of nitrogens with zero attached hydrogens (tertiary/aromatic N) is 3. The zero-order chi connectivity index (χ0) is 21.4. The van der Waals surface area contributed by atoms with E-state index in [1.807, 2.05) is 40.7 Å². The van der Waals surface area contributed by atoms with E-state index >= 15 is 0 Å². The second-order valence-corrected chi connectivity index (χ2v) is 7.77. The SMILES string of the molecule is CCCC(=O)NCCc1nc2ccccc2n1CC(=O)N(C(C)CC)C(C)CC. The van der Waals surface area contributed by atoms with Gasteiger partial charge < -0.3 is 14.8 Å². The first-order valence-electron chi connectivity index (χ1n) is 10.9. The number of hydrogen-bond acceptors (Lipinski definition) is 3. The van der Waals surface area contributed by atoms with Crippen LogP contribution in [0.4, 0.5) is 0 Å². The molecule has 0 aliphatic rings. The number of imidazole rings is 1. The molecule has 160 valence electrons. The van der Waals surface area contributed by atoms with Crippen molar-refractivity contribution >= 4 is 22.8 Å². The molecule has 1 N–H and O–H groups in total. The number of carbonyl (C=O) groups is 2. The fourth-order valence-electron chi connectivity index (χ4n) is 3.66. The number of para-hydroxylation sites is 2. The van der Waals surface area contributed by atoms with Crippen LogP contribution in [0.2, 0.25) is 0 Å². The summed E-state index contributed by atoms with van der Waals surface area (Å²) in [6.45, 7) is 11.2. The third kappa shape index (κ3) is 5.81. The highest BCUT2D eigenvalue weighted by Crippen LogP contribution is 2.19. The molecule has 0 bridgehead atoms. The van der Waals surface area contributed by atoms with Crippen LogP contribution in [0.15, 0.2) is 24.3 Å². The molecule has 2 rings (SSSR count). The van der Waals surface area contributed by atoms with Gasteiger partial charge >= 0.3 is 0 Å². The fourth-order valence-corrected chi connectivity index (χ4v) is 3.66. The summed E-state index contributed by atoms with van der Waals surface area (Å²) in [5.74, 6) is 1.02. The van der Waals surface area contributed by atoms with Gasteiger partial charge in [-0.15, -0.1) is 0 Å². The van der Waals surface area contributed by atoms with E-state index in [9.17, 15) is 9.59 Å². The van der Waals surface area contributed by atoms with E-state index in [-0.39, 0.29) is 30.4 Å². The summed E-state index contributed by atoms with van der Waals surface area (Å²) < 4.78 is 2.02. The molecule has 0 fully saturated rings. The zero-order valence-corrected chi connectivity index (χ0v) is 18.6. The number of benzene rings is 1. The van der Waals surface area contributed by atoms with Crippen LogP contribution >= 0.6 is 0 Å². The first kappa shape index (κ1) is 22.9. The topological polar surface area (TPSA) is 67.2 Å². The summed E-state index contributed by atoms with van der Waals surface area (Å²) in [6, 6.07) is 8.30. The first-order valence-corrected chi connectivity index (χ1v) is 10.9. The molecule has 1 aromatic heterocycles. The zero-order valence-electron chi connectivity index (χ0n) is 18.6. The molecular formula is C23H36N4O2. The average Bonchev–Trinajstić information content (AvgIpc) is 3.05. The van der Waals surface area contributed by atoms with Gasteiger partial charge in [-0.2, -0.15) is 0 Å². The Hall–Kier alpha value is -2.37. The van der Waals surface area contributed by atoms with Gasteiger partial charge in [-0.05, 0) is 45.2 Å². The molecule has 29 heavy (non-hydrogen) atoms. The Labute approximate surface area is 174 Å². The number of hydrogen-bond donors (Lipinski definition) is 1. The van der Waals surface area contributed by atoms with Gasteiger partial charge in [-0.1, -0.05) is 32.9 Å². The van der Waals surface area contributed by atoms with E-state index in [4.69, 9.17) is 4.98 Å². The van der Waals surface area contributed by atoms with Crippen molar-refractivity contribution in [1.29, 1.82) is 0 Å². The van der Waals surface area contributed by atoms with Crippen molar-refractivity contribution < 1.29 is 9.59 Å². The Morgan fingerprint density at radius 1 is 1.10 bits per heavy atom. The Kier molecular flexibility index (Phi) is 8.68. The van der Waals surface area contributed by atoms with Crippen molar-refractivity contribution in [3.05, 3.63) is 30.1 Å². The van der Waals surface area contributed by atoms with Gasteiger partial charge in [-0.3, -0.25) is 9.59 Å². The second-order valence-electron chi connectivity index (χ2n) is 7.77. The van der Waals surface area contributed by atoms with E-state index in [0.717, 1.165) is 36.1 Å². The standard InChI is InChI=1S/C23H36N4O2/c1-6-11-22(28)24-15-14-21-25-19-12-9-10-13-20(19)26(21)16-23(29)27(17(4)7-2)18(5)8-3/h9-10,12-13,17-18H,6-8,11,14-16H2,1-5H3,(H,24,28). The Balaban J connectivity index is 2.25. The van der Waals surface area contributed by atoms with Gasteiger partial charge in [0.15, 0.2) is 0 Å². The number of fused-ring (bicyclic) bond motifs is 1. The maximum atomic E-state index is 13.3. The highest BCUT2D eigenvalue weighted by Gasteiger charge is 2.25. The van der Waals surface area contributed by atoms with Gasteiger partial charge in [0.25, 0.3) is 0 Å². The maximum Gasteiger partial charge on any atom is 0.243 e. The van der Waals surface area contributed by atoms with Gasteiger partial charge in [0.1, 0.15) is 12.4 Å². The minimum Gasteiger partial charge on any atom is -0.356 e. The largest absolute Gasteiger partial charge is 0.356 e. The Morgan fingerprint density at radius 3 is 2.38 bits per heavy atom. The molecule has 6 heteroatoms. The van der Waals surface area contributed by atoms with Gasteiger partial charge in [-0.25, -0.2) is 4.98 Å². The van der Waals surface area contributed by atoms with Crippen LogP contribution in [0, 0.1) is 0 Å². The van der Waals surface area contributed by atoms with Crippen LogP contribution in [0.25, 0.3) is 11.0 Å².